The summed E-state index contributed by atoms with van der Waals surface area (Å²) in [7, 11) is 0. The summed E-state index contributed by atoms with van der Waals surface area (Å²) in [6.45, 7) is 4.54. The van der Waals surface area contributed by atoms with Crippen molar-refractivity contribution in [2.75, 3.05) is 0 Å². The van der Waals surface area contributed by atoms with E-state index in [0.717, 1.165) is 18.4 Å². The molecule has 102 valence electrons. The van der Waals surface area contributed by atoms with E-state index >= 15 is 0 Å². The summed E-state index contributed by atoms with van der Waals surface area (Å²) in [6, 6.07) is 10.1. The monoisotopic (exact) mass is 258 g/mol. The Morgan fingerprint density at radius 2 is 2.11 bits per heavy atom. The number of carbonyl (C=O) groups excluding carboxylic acids is 1. The smallest absolute Gasteiger partial charge is 0.145 e. The first-order valence-corrected chi connectivity index (χ1v) is 6.99. The summed E-state index contributed by atoms with van der Waals surface area (Å²) in [6.07, 6.45) is 6.52. The first-order chi connectivity index (χ1) is 9.16. The molecule has 0 radical (unpaired) electrons. The highest BCUT2D eigenvalue weighted by molar-refractivity contribution is 5.87. The molecule has 19 heavy (non-hydrogen) atoms. The largest absolute Gasteiger partial charge is 0.372 e. The van der Waals surface area contributed by atoms with Crippen LogP contribution >= 0.6 is 0 Å². The maximum absolute atomic E-state index is 12.2. The van der Waals surface area contributed by atoms with Crippen LogP contribution < -0.4 is 0 Å². The molecule has 1 aliphatic rings. The number of allylic oxidation sites excluding steroid dienone is 1. The first-order valence-electron chi connectivity index (χ1n) is 6.99. The average Bonchev–Trinajstić information content (AvgIpc) is 2.42. The molecule has 1 aromatic carbocycles. The Kier molecular flexibility index (Phi) is 4.54. The maximum Gasteiger partial charge on any atom is 0.145 e. The molecule has 2 heteroatoms. The summed E-state index contributed by atoms with van der Waals surface area (Å²) in [5.74, 6) is 0.301. The molecular formula is C17H22O2. The second kappa shape index (κ2) is 6.16. The number of benzene rings is 1. The molecule has 2 atom stereocenters. The van der Waals surface area contributed by atoms with Gasteiger partial charge in [0.25, 0.3) is 0 Å². The third-order valence-electron chi connectivity index (χ3n) is 3.95. The summed E-state index contributed by atoms with van der Waals surface area (Å²) in [5, 5.41) is 0. The number of Topliss-reactive ketones (excluding diaryl/α,β-unsaturated/α-hetero) is 1. The number of ketones is 1. The third-order valence-corrected chi connectivity index (χ3v) is 3.95. The number of hydrogen-bond donors (Lipinski definition) is 0. The van der Waals surface area contributed by atoms with E-state index in [0.29, 0.717) is 18.8 Å². The zero-order valence-corrected chi connectivity index (χ0v) is 11.8. The number of carbonyl (C=O) groups is 1. The van der Waals surface area contributed by atoms with Crippen LogP contribution in [0.5, 0.6) is 0 Å². The van der Waals surface area contributed by atoms with E-state index in [2.05, 4.69) is 12.1 Å². The molecule has 1 aromatic rings. The van der Waals surface area contributed by atoms with E-state index in [9.17, 15) is 4.79 Å². The van der Waals surface area contributed by atoms with Crippen LogP contribution in [-0.4, -0.2) is 11.9 Å². The lowest BCUT2D eigenvalue weighted by Gasteiger charge is -2.37. The standard InChI is InChI=1S/C17H22O2/c1-3-12-17(2)15(18)10-7-11-16(17)19-13-14-8-5-4-6-9-14/h3-6,8-9,12,16H,7,10-11,13H2,1-2H3/b12-3-/t16-,17-/m0/s1. The fraction of sp³-hybridized carbons (Fsp3) is 0.471. The lowest BCUT2D eigenvalue weighted by Crippen LogP contribution is -2.43. The van der Waals surface area contributed by atoms with Crippen molar-refractivity contribution in [2.24, 2.45) is 5.41 Å². The summed E-state index contributed by atoms with van der Waals surface area (Å²) in [4.78, 5) is 12.2. The van der Waals surface area contributed by atoms with Gasteiger partial charge < -0.3 is 4.74 Å². The molecule has 0 spiro atoms. The summed E-state index contributed by atoms with van der Waals surface area (Å²) in [5.41, 5.74) is 0.699. The van der Waals surface area contributed by atoms with E-state index in [-0.39, 0.29) is 6.10 Å². The van der Waals surface area contributed by atoms with Crippen molar-refractivity contribution in [3.63, 3.8) is 0 Å². The molecule has 0 N–H and O–H groups in total. The van der Waals surface area contributed by atoms with Gasteiger partial charge in [0.15, 0.2) is 0 Å². The van der Waals surface area contributed by atoms with Gasteiger partial charge in [-0.05, 0) is 32.3 Å². The highest BCUT2D eigenvalue weighted by atomic mass is 16.5. The molecule has 0 bridgehead atoms. The normalized spacial score (nSPS) is 27.9. The Balaban J connectivity index is 2.07. The molecule has 0 saturated heterocycles. The lowest BCUT2D eigenvalue weighted by molar-refractivity contribution is -0.139. The third kappa shape index (κ3) is 3.13. The minimum absolute atomic E-state index is 0.00911. The molecule has 0 aliphatic heterocycles. The topological polar surface area (TPSA) is 26.3 Å². The van der Waals surface area contributed by atoms with Gasteiger partial charge in [-0.1, -0.05) is 42.5 Å². The summed E-state index contributed by atoms with van der Waals surface area (Å²) >= 11 is 0. The van der Waals surface area contributed by atoms with E-state index < -0.39 is 5.41 Å². The van der Waals surface area contributed by atoms with Gasteiger partial charge in [-0.15, -0.1) is 0 Å². The number of rotatable bonds is 4. The molecule has 0 aromatic heterocycles. The van der Waals surface area contributed by atoms with Gasteiger partial charge in [0, 0.05) is 6.42 Å². The Morgan fingerprint density at radius 1 is 1.37 bits per heavy atom. The molecule has 1 saturated carbocycles. The minimum atomic E-state index is -0.457. The quantitative estimate of drug-likeness (QED) is 0.765. The average molecular weight is 258 g/mol. The lowest BCUT2D eigenvalue weighted by atomic mass is 9.72. The second-order valence-electron chi connectivity index (χ2n) is 5.38. The van der Waals surface area contributed by atoms with E-state index in [4.69, 9.17) is 4.74 Å². The van der Waals surface area contributed by atoms with Crippen molar-refractivity contribution in [3.8, 4) is 0 Å². The van der Waals surface area contributed by atoms with E-state index in [1.165, 1.54) is 0 Å². The van der Waals surface area contributed by atoms with Gasteiger partial charge in [-0.2, -0.15) is 0 Å². The molecule has 0 unspecified atom stereocenters. The molecule has 0 heterocycles. The van der Waals surface area contributed by atoms with Gasteiger partial charge in [-0.3, -0.25) is 4.79 Å². The van der Waals surface area contributed by atoms with Gasteiger partial charge >= 0.3 is 0 Å². The van der Waals surface area contributed by atoms with Crippen molar-refractivity contribution in [1.29, 1.82) is 0 Å². The zero-order valence-electron chi connectivity index (χ0n) is 11.8. The molecule has 2 rings (SSSR count). The van der Waals surface area contributed by atoms with Crippen LogP contribution in [0.4, 0.5) is 0 Å². The Bertz CT molecular complexity index is 450. The molecular weight excluding hydrogens is 236 g/mol. The highest BCUT2D eigenvalue weighted by Gasteiger charge is 2.41. The van der Waals surface area contributed by atoms with Crippen molar-refractivity contribution in [2.45, 2.75) is 45.8 Å². The van der Waals surface area contributed by atoms with Crippen LogP contribution in [-0.2, 0) is 16.1 Å². The molecule has 1 fully saturated rings. The fourth-order valence-electron chi connectivity index (χ4n) is 2.77. The van der Waals surface area contributed by atoms with Crippen molar-refractivity contribution >= 4 is 5.78 Å². The van der Waals surface area contributed by atoms with Crippen LogP contribution in [0.1, 0.15) is 38.7 Å². The van der Waals surface area contributed by atoms with Crippen LogP contribution in [0.3, 0.4) is 0 Å². The highest BCUT2D eigenvalue weighted by Crippen LogP contribution is 2.37. The van der Waals surface area contributed by atoms with Crippen LogP contribution in [0, 0.1) is 5.41 Å². The minimum Gasteiger partial charge on any atom is -0.372 e. The summed E-state index contributed by atoms with van der Waals surface area (Å²) < 4.78 is 6.04. The molecule has 1 aliphatic carbocycles. The number of hydrogen-bond acceptors (Lipinski definition) is 2. The van der Waals surface area contributed by atoms with Gasteiger partial charge in [0.2, 0.25) is 0 Å². The van der Waals surface area contributed by atoms with E-state index in [1.54, 1.807) is 0 Å². The van der Waals surface area contributed by atoms with Crippen LogP contribution in [0.25, 0.3) is 0 Å². The van der Waals surface area contributed by atoms with Crippen LogP contribution in [0.15, 0.2) is 42.5 Å². The van der Waals surface area contributed by atoms with Crippen molar-refractivity contribution < 1.29 is 9.53 Å². The van der Waals surface area contributed by atoms with E-state index in [1.807, 2.05) is 44.2 Å². The SMILES string of the molecule is C/C=C\[C@@]1(C)C(=O)CCC[C@@H]1OCc1ccccc1. The van der Waals surface area contributed by atoms with Gasteiger partial charge in [0.05, 0.1) is 18.1 Å². The Labute approximate surface area is 115 Å². The predicted molar refractivity (Wildman–Crippen MR) is 76.8 cm³/mol. The number of ether oxygens (including phenoxy) is 1. The second-order valence-corrected chi connectivity index (χ2v) is 5.38. The van der Waals surface area contributed by atoms with Crippen molar-refractivity contribution in [3.05, 3.63) is 48.0 Å². The fourth-order valence-corrected chi connectivity index (χ4v) is 2.77. The van der Waals surface area contributed by atoms with Gasteiger partial charge in [0.1, 0.15) is 5.78 Å². The maximum atomic E-state index is 12.2. The van der Waals surface area contributed by atoms with Crippen LogP contribution in [0.2, 0.25) is 0 Å². The predicted octanol–water partition coefficient (Wildman–Crippen LogP) is 3.91. The Morgan fingerprint density at radius 3 is 2.79 bits per heavy atom. The molecule has 0 amide bonds. The Hall–Kier alpha value is -1.41. The zero-order chi connectivity index (χ0) is 13.7. The van der Waals surface area contributed by atoms with Crippen molar-refractivity contribution in [1.82, 2.24) is 0 Å². The molecule has 2 nitrogen and oxygen atoms in total. The van der Waals surface area contributed by atoms with Gasteiger partial charge in [-0.25, -0.2) is 0 Å². The first kappa shape index (κ1) is 14.0.